The molecule has 0 saturated heterocycles. The van der Waals surface area contributed by atoms with E-state index in [0.717, 1.165) is 4.90 Å². The van der Waals surface area contributed by atoms with Gasteiger partial charge >= 0.3 is 0 Å². The SMILES string of the molecule is CCOc1ccc(NC(=O)CSc2ccncc2)cc1Cl. The van der Waals surface area contributed by atoms with Gasteiger partial charge in [-0.1, -0.05) is 11.6 Å². The first-order valence-corrected chi connectivity index (χ1v) is 7.80. The van der Waals surface area contributed by atoms with E-state index in [1.165, 1.54) is 11.8 Å². The van der Waals surface area contributed by atoms with Gasteiger partial charge in [-0.05, 0) is 37.3 Å². The zero-order valence-corrected chi connectivity index (χ0v) is 13.1. The number of nitrogens with zero attached hydrogens (tertiary/aromatic N) is 1. The van der Waals surface area contributed by atoms with Crippen molar-refractivity contribution in [3.8, 4) is 5.75 Å². The van der Waals surface area contributed by atoms with Crippen LogP contribution in [0, 0.1) is 0 Å². The summed E-state index contributed by atoms with van der Waals surface area (Å²) in [5.74, 6) is 0.856. The number of carbonyl (C=O) groups is 1. The maximum Gasteiger partial charge on any atom is 0.234 e. The van der Waals surface area contributed by atoms with Crippen LogP contribution in [-0.2, 0) is 4.79 Å². The van der Waals surface area contributed by atoms with Crippen molar-refractivity contribution in [3.63, 3.8) is 0 Å². The van der Waals surface area contributed by atoms with E-state index >= 15 is 0 Å². The molecule has 0 aliphatic carbocycles. The summed E-state index contributed by atoms with van der Waals surface area (Å²) in [6.07, 6.45) is 3.40. The molecular formula is C15H15ClN2O2S. The van der Waals surface area contributed by atoms with Crippen LogP contribution in [0.1, 0.15) is 6.92 Å². The van der Waals surface area contributed by atoms with E-state index in [9.17, 15) is 4.79 Å². The van der Waals surface area contributed by atoms with Gasteiger partial charge in [-0.2, -0.15) is 0 Å². The summed E-state index contributed by atoms with van der Waals surface area (Å²) >= 11 is 7.53. The van der Waals surface area contributed by atoms with Crippen LogP contribution >= 0.6 is 23.4 Å². The molecule has 6 heteroatoms. The van der Waals surface area contributed by atoms with Gasteiger partial charge in [0.2, 0.25) is 5.91 Å². The number of aromatic nitrogens is 1. The Bertz CT molecular complexity index is 608. The van der Waals surface area contributed by atoms with Gasteiger partial charge in [0, 0.05) is 23.0 Å². The smallest absolute Gasteiger partial charge is 0.234 e. The van der Waals surface area contributed by atoms with Crippen LogP contribution in [0.4, 0.5) is 5.69 Å². The van der Waals surface area contributed by atoms with E-state index in [-0.39, 0.29) is 5.91 Å². The quantitative estimate of drug-likeness (QED) is 0.820. The van der Waals surface area contributed by atoms with Crippen LogP contribution in [0.3, 0.4) is 0 Å². The molecule has 0 saturated carbocycles. The fourth-order valence-corrected chi connectivity index (χ4v) is 2.55. The lowest BCUT2D eigenvalue weighted by Crippen LogP contribution is -2.14. The third-order valence-electron chi connectivity index (χ3n) is 2.54. The van der Waals surface area contributed by atoms with Crippen LogP contribution in [-0.4, -0.2) is 23.3 Å². The van der Waals surface area contributed by atoms with Crippen molar-refractivity contribution in [2.75, 3.05) is 17.7 Å². The molecule has 0 unspecified atom stereocenters. The average molecular weight is 323 g/mol. The van der Waals surface area contributed by atoms with Gasteiger partial charge in [-0.3, -0.25) is 9.78 Å². The number of benzene rings is 1. The number of ether oxygens (including phenoxy) is 1. The molecule has 4 nitrogen and oxygen atoms in total. The highest BCUT2D eigenvalue weighted by atomic mass is 35.5. The lowest BCUT2D eigenvalue weighted by molar-refractivity contribution is -0.113. The highest BCUT2D eigenvalue weighted by molar-refractivity contribution is 8.00. The molecule has 21 heavy (non-hydrogen) atoms. The first-order valence-electron chi connectivity index (χ1n) is 6.44. The van der Waals surface area contributed by atoms with E-state index in [1.807, 2.05) is 19.1 Å². The normalized spacial score (nSPS) is 10.2. The summed E-state index contributed by atoms with van der Waals surface area (Å²) in [6.45, 7) is 2.44. The first-order chi connectivity index (χ1) is 10.2. The van der Waals surface area contributed by atoms with Gasteiger partial charge in [-0.25, -0.2) is 0 Å². The fourth-order valence-electron chi connectivity index (χ4n) is 1.63. The second-order valence-corrected chi connectivity index (χ2v) is 5.55. The number of thioether (sulfide) groups is 1. The molecule has 0 radical (unpaired) electrons. The molecule has 0 fully saturated rings. The Morgan fingerprint density at radius 3 is 2.76 bits per heavy atom. The molecule has 1 aromatic heterocycles. The lowest BCUT2D eigenvalue weighted by Gasteiger charge is -2.09. The number of halogens is 1. The number of pyridine rings is 1. The van der Waals surface area contributed by atoms with Gasteiger partial charge < -0.3 is 10.1 Å². The van der Waals surface area contributed by atoms with E-state index in [1.54, 1.807) is 30.6 Å². The van der Waals surface area contributed by atoms with Crippen LogP contribution in [0.2, 0.25) is 5.02 Å². The summed E-state index contributed by atoms with van der Waals surface area (Å²) in [5.41, 5.74) is 0.656. The van der Waals surface area contributed by atoms with E-state index in [4.69, 9.17) is 16.3 Å². The van der Waals surface area contributed by atoms with Gasteiger partial charge in [-0.15, -0.1) is 11.8 Å². The number of hydrogen-bond acceptors (Lipinski definition) is 4. The van der Waals surface area contributed by atoms with Gasteiger partial charge in [0.25, 0.3) is 0 Å². The van der Waals surface area contributed by atoms with Gasteiger partial charge in [0.15, 0.2) is 0 Å². The number of anilines is 1. The lowest BCUT2D eigenvalue weighted by atomic mass is 10.3. The molecule has 1 N–H and O–H groups in total. The van der Waals surface area contributed by atoms with Crippen molar-refractivity contribution in [3.05, 3.63) is 47.7 Å². The Balaban J connectivity index is 1.89. The molecule has 110 valence electrons. The molecule has 2 aromatic rings. The highest BCUT2D eigenvalue weighted by Gasteiger charge is 2.06. The summed E-state index contributed by atoms with van der Waals surface area (Å²) in [4.78, 5) is 16.8. The Morgan fingerprint density at radius 1 is 1.33 bits per heavy atom. The van der Waals surface area contributed by atoms with Crippen LogP contribution in [0.15, 0.2) is 47.6 Å². The zero-order valence-electron chi connectivity index (χ0n) is 11.5. The minimum atomic E-state index is -0.0861. The number of hydrogen-bond donors (Lipinski definition) is 1. The number of nitrogens with one attached hydrogen (secondary N) is 1. The largest absolute Gasteiger partial charge is 0.492 e. The molecule has 0 atom stereocenters. The summed E-state index contributed by atoms with van der Waals surface area (Å²) in [5, 5.41) is 3.29. The van der Waals surface area contributed by atoms with Crippen molar-refractivity contribution in [2.24, 2.45) is 0 Å². The molecule has 1 amide bonds. The Morgan fingerprint density at radius 2 is 2.10 bits per heavy atom. The molecule has 0 bridgehead atoms. The van der Waals surface area contributed by atoms with Crippen molar-refractivity contribution in [2.45, 2.75) is 11.8 Å². The molecule has 0 aliphatic rings. The fraction of sp³-hybridized carbons (Fsp3) is 0.200. The maximum atomic E-state index is 11.9. The third-order valence-corrected chi connectivity index (χ3v) is 3.84. The third kappa shape index (κ3) is 4.95. The van der Waals surface area contributed by atoms with Crippen LogP contribution < -0.4 is 10.1 Å². The monoisotopic (exact) mass is 322 g/mol. The van der Waals surface area contributed by atoms with Crippen LogP contribution in [0.5, 0.6) is 5.75 Å². The molecule has 0 spiro atoms. The van der Waals surface area contributed by atoms with Crippen molar-refractivity contribution < 1.29 is 9.53 Å². The summed E-state index contributed by atoms with van der Waals surface area (Å²) < 4.78 is 5.35. The minimum absolute atomic E-state index is 0.0861. The Kier molecular flexibility index (Phi) is 5.90. The van der Waals surface area contributed by atoms with Crippen LogP contribution in [0.25, 0.3) is 0 Å². The topological polar surface area (TPSA) is 51.2 Å². The predicted molar refractivity (Wildman–Crippen MR) is 86.2 cm³/mol. The Labute approximate surface area is 132 Å². The highest BCUT2D eigenvalue weighted by Crippen LogP contribution is 2.27. The van der Waals surface area contributed by atoms with Crippen molar-refractivity contribution in [1.29, 1.82) is 0 Å². The summed E-state index contributed by atoms with van der Waals surface area (Å²) in [7, 11) is 0. The second kappa shape index (κ2) is 7.90. The first kappa shape index (κ1) is 15.7. The van der Waals surface area contributed by atoms with Gasteiger partial charge in [0.05, 0.1) is 17.4 Å². The van der Waals surface area contributed by atoms with Gasteiger partial charge in [0.1, 0.15) is 5.75 Å². The molecule has 1 heterocycles. The summed E-state index contributed by atoms with van der Waals surface area (Å²) in [6, 6.07) is 8.93. The van der Waals surface area contributed by atoms with Crippen molar-refractivity contribution in [1.82, 2.24) is 4.98 Å². The van der Waals surface area contributed by atoms with E-state index < -0.39 is 0 Å². The zero-order chi connectivity index (χ0) is 15.1. The molecule has 1 aromatic carbocycles. The maximum absolute atomic E-state index is 11.9. The van der Waals surface area contributed by atoms with E-state index in [0.29, 0.717) is 28.8 Å². The number of amides is 1. The average Bonchev–Trinajstić information content (AvgIpc) is 2.49. The standard InChI is InChI=1S/C15H15ClN2O2S/c1-2-20-14-4-3-11(9-13(14)16)18-15(19)10-21-12-5-7-17-8-6-12/h3-9H,2,10H2,1H3,(H,18,19). The molecular weight excluding hydrogens is 308 g/mol. The minimum Gasteiger partial charge on any atom is -0.492 e. The second-order valence-electron chi connectivity index (χ2n) is 4.10. The molecule has 0 aliphatic heterocycles. The van der Waals surface area contributed by atoms with Crippen molar-refractivity contribution >= 4 is 35.0 Å². The number of rotatable bonds is 6. The number of carbonyl (C=O) groups excluding carboxylic acids is 1. The Hall–Kier alpha value is -1.72. The molecule has 2 rings (SSSR count). The van der Waals surface area contributed by atoms with E-state index in [2.05, 4.69) is 10.3 Å². The predicted octanol–water partition coefficient (Wildman–Crippen LogP) is 3.86.